The molecule has 0 amide bonds. The van der Waals surface area contributed by atoms with Crippen LogP contribution in [0.15, 0.2) is 60.8 Å². The lowest BCUT2D eigenvalue weighted by Gasteiger charge is -2.05. The third-order valence-corrected chi connectivity index (χ3v) is 3.97. The van der Waals surface area contributed by atoms with Crippen LogP contribution in [0.1, 0.15) is 0 Å². The van der Waals surface area contributed by atoms with Gasteiger partial charge in [-0.2, -0.15) is 9.50 Å². The van der Waals surface area contributed by atoms with Crippen LogP contribution in [0.25, 0.3) is 28.4 Å². The monoisotopic (exact) mass is 332 g/mol. The summed E-state index contributed by atoms with van der Waals surface area (Å²) in [6, 6.07) is 17.4. The van der Waals surface area contributed by atoms with Crippen LogP contribution in [0.5, 0.6) is 11.5 Å². The van der Waals surface area contributed by atoms with Crippen LogP contribution in [0, 0.1) is 0 Å². The van der Waals surface area contributed by atoms with Crippen LogP contribution in [0.3, 0.4) is 0 Å². The third kappa shape index (κ3) is 2.78. The first-order valence-electron chi connectivity index (χ1n) is 7.79. The second-order valence-electron chi connectivity index (χ2n) is 5.43. The van der Waals surface area contributed by atoms with Crippen molar-refractivity contribution in [1.29, 1.82) is 0 Å². The number of hydrogen-bond acceptors (Lipinski definition) is 5. The van der Waals surface area contributed by atoms with Crippen LogP contribution in [-0.2, 0) is 0 Å². The summed E-state index contributed by atoms with van der Waals surface area (Å²) >= 11 is 0. The first-order chi connectivity index (χ1) is 12.3. The fourth-order valence-electron chi connectivity index (χ4n) is 2.64. The van der Waals surface area contributed by atoms with E-state index in [0.29, 0.717) is 11.6 Å². The Labute approximate surface area is 144 Å². The smallest absolute Gasteiger partial charge is 0.253 e. The Hall–Kier alpha value is -3.41. The van der Waals surface area contributed by atoms with Crippen molar-refractivity contribution in [3.8, 4) is 34.1 Å². The Morgan fingerprint density at radius 2 is 1.36 bits per heavy atom. The molecule has 0 radical (unpaired) electrons. The molecular formula is C19H16N4O2. The summed E-state index contributed by atoms with van der Waals surface area (Å²) in [6.45, 7) is 0. The molecule has 2 heterocycles. The molecule has 0 N–H and O–H groups in total. The van der Waals surface area contributed by atoms with Gasteiger partial charge in [0.1, 0.15) is 11.5 Å². The molecule has 0 aliphatic rings. The number of benzene rings is 2. The molecule has 0 saturated heterocycles. The van der Waals surface area contributed by atoms with E-state index >= 15 is 0 Å². The van der Waals surface area contributed by atoms with Gasteiger partial charge < -0.3 is 9.47 Å². The Morgan fingerprint density at radius 3 is 1.96 bits per heavy atom. The van der Waals surface area contributed by atoms with Gasteiger partial charge in [0.05, 0.1) is 19.9 Å². The summed E-state index contributed by atoms with van der Waals surface area (Å²) in [6.07, 6.45) is 1.74. The van der Waals surface area contributed by atoms with Crippen molar-refractivity contribution in [2.45, 2.75) is 0 Å². The van der Waals surface area contributed by atoms with Crippen molar-refractivity contribution >= 4 is 5.78 Å². The molecule has 4 rings (SSSR count). The zero-order valence-electron chi connectivity index (χ0n) is 13.9. The molecule has 2 aromatic carbocycles. The van der Waals surface area contributed by atoms with E-state index in [1.807, 2.05) is 54.6 Å². The van der Waals surface area contributed by atoms with Crippen molar-refractivity contribution in [2.75, 3.05) is 14.2 Å². The molecule has 0 spiro atoms. The molecule has 0 fully saturated rings. The molecule has 0 bridgehead atoms. The summed E-state index contributed by atoms with van der Waals surface area (Å²) in [5, 5.41) is 4.63. The SMILES string of the molecule is COc1ccc(-c2nc3nccc(-c4ccc(OC)cc4)n3n2)cc1. The van der Waals surface area contributed by atoms with E-state index in [4.69, 9.17) is 9.47 Å². The van der Waals surface area contributed by atoms with Crippen LogP contribution in [0.4, 0.5) is 0 Å². The zero-order valence-corrected chi connectivity index (χ0v) is 13.9. The van der Waals surface area contributed by atoms with Crippen molar-refractivity contribution < 1.29 is 9.47 Å². The summed E-state index contributed by atoms with van der Waals surface area (Å²) in [5.74, 6) is 2.78. The standard InChI is InChI=1S/C19H16N4O2/c1-24-15-7-3-13(4-8-15)17-11-12-20-19-21-18(22-23(17)19)14-5-9-16(25-2)10-6-14/h3-12H,1-2H3. The van der Waals surface area contributed by atoms with E-state index in [0.717, 1.165) is 28.3 Å². The van der Waals surface area contributed by atoms with Crippen LogP contribution in [-0.4, -0.2) is 33.8 Å². The minimum atomic E-state index is 0.555. The zero-order chi connectivity index (χ0) is 17.2. The Bertz CT molecular complexity index is 1010. The van der Waals surface area contributed by atoms with E-state index in [2.05, 4.69) is 15.1 Å². The lowest BCUT2D eigenvalue weighted by atomic mass is 10.1. The predicted octanol–water partition coefficient (Wildman–Crippen LogP) is 3.48. The number of nitrogens with zero attached hydrogens (tertiary/aromatic N) is 4. The largest absolute Gasteiger partial charge is 0.497 e. The van der Waals surface area contributed by atoms with Gasteiger partial charge in [-0.1, -0.05) is 0 Å². The van der Waals surface area contributed by atoms with Crippen LogP contribution in [0.2, 0.25) is 0 Å². The van der Waals surface area contributed by atoms with Gasteiger partial charge in [-0.05, 0) is 54.6 Å². The molecule has 6 heteroatoms. The first-order valence-corrected chi connectivity index (χ1v) is 7.79. The minimum Gasteiger partial charge on any atom is -0.497 e. The van der Waals surface area contributed by atoms with Gasteiger partial charge in [0.2, 0.25) is 0 Å². The molecule has 0 aliphatic heterocycles. The van der Waals surface area contributed by atoms with E-state index < -0.39 is 0 Å². The van der Waals surface area contributed by atoms with E-state index in [9.17, 15) is 0 Å². The number of rotatable bonds is 4. The van der Waals surface area contributed by atoms with Gasteiger partial charge in [0, 0.05) is 17.3 Å². The predicted molar refractivity (Wildman–Crippen MR) is 94.8 cm³/mol. The first kappa shape index (κ1) is 15.1. The Kier molecular flexibility index (Phi) is 3.78. The van der Waals surface area contributed by atoms with Gasteiger partial charge in [-0.25, -0.2) is 4.98 Å². The average Bonchev–Trinajstić information content (AvgIpc) is 3.12. The maximum absolute atomic E-state index is 5.22. The van der Waals surface area contributed by atoms with Gasteiger partial charge in [-0.3, -0.25) is 0 Å². The number of hydrogen-bond donors (Lipinski definition) is 0. The second-order valence-corrected chi connectivity index (χ2v) is 5.43. The third-order valence-electron chi connectivity index (χ3n) is 3.97. The Morgan fingerprint density at radius 1 is 0.760 bits per heavy atom. The van der Waals surface area contributed by atoms with Gasteiger partial charge in [0.25, 0.3) is 5.78 Å². The lowest BCUT2D eigenvalue weighted by Crippen LogP contribution is -1.96. The van der Waals surface area contributed by atoms with Crippen LogP contribution >= 0.6 is 0 Å². The fraction of sp³-hybridized carbons (Fsp3) is 0.105. The summed E-state index contributed by atoms with van der Waals surface area (Å²) in [7, 11) is 3.29. The van der Waals surface area contributed by atoms with Gasteiger partial charge in [0.15, 0.2) is 5.82 Å². The lowest BCUT2D eigenvalue weighted by molar-refractivity contribution is 0.414. The molecule has 124 valence electrons. The van der Waals surface area contributed by atoms with Gasteiger partial charge >= 0.3 is 0 Å². The number of methoxy groups -OCH3 is 2. The number of ether oxygens (including phenoxy) is 2. The average molecular weight is 332 g/mol. The highest BCUT2D eigenvalue weighted by atomic mass is 16.5. The highest BCUT2D eigenvalue weighted by Crippen LogP contribution is 2.24. The normalized spacial score (nSPS) is 10.8. The van der Waals surface area contributed by atoms with Crippen molar-refractivity contribution in [1.82, 2.24) is 19.6 Å². The second kappa shape index (κ2) is 6.24. The molecule has 25 heavy (non-hydrogen) atoms. The number of fused-ring (bicyclic) bond motifs is 1. The van der Waals surface area contributed by atoms with Crippen molar-refractivity contribution in [3.05, 3.63) is 60.8 Å². The van der Waals surface area contributed by atoms with Crippen molar-refractivity contribution in [3.63, 3.8) is 0 Å². The summed E-state index contributed by atoms with van der Waals surface area (Å²) in [4.78, 5) is 8.85. The van der Waals surface area contributed by atoms with E-state index in [1.54, 1.807) is 24.9 Å². The maximum Gasteiger partial charge on any atom is 0.253 e. The highest BCUT2D eigenvalue weighted by molar-refractivity contribution is 5.64. The maximum atomic E-state index is 5.22. The van der Waals surface area contributed by atoms with E-state index in [-0.39, 0.29) is 0 Å². The molecule has 6 nitrogen and oxygen atoms in total. The number of aromatic nitrogens is 4. The summed E-state index contributed by atoms with van der Waals surface area (Å²) < 4.78 is 12.2. The molecule has 2 aromatic heterocycles. The highest BCUT2D eigenvalue weighted by Gasteiger charge is 2.11. The molecular weight excluding hydrogens is 316 g/mol. The molecule has 0 atom stereocenters. The molecule has 4 aromatic rings. The Balaban J connectivity index is 1.79. The van der Waals surface area contributed by atoms with Crippen LogP contribution < -0.4 is 9.47 Å². The van der Waals surface area contributed by atoms with E-state index in [1.165, 1.54) is 0 Å². The molecule has 0 unspecified atom stereocenters. The fourth-order valence-corrected chi connectivity index (χ4v) is 2.64. The molecule has 0 saturated carbocycles. The minimum absolute atomic E-state index is 0.555. The van der Waals surface area contributed by atoms with Gasteiger partial charge in [-0.15, -0.1) is 5.10 Å². The topological polar surface area (TPSA) is 61.5 Å². The van der Waals surface area contributed by atoms with Crippen molar-refractivity contribution in [2.24, 2.45) is 0 Å². The molecule has 0 aliphatic carbocycles. The quantitative estimate of drug-likeness (QED) is 0.572. The summed E-state index contributed by atoms with van der Waals surface area (Å²) in [5.41, 5.74) is 2.84.